The number of hydrogen-bond donors (Lipinski definition) is 2. The number of methoxy groups -OCH3 is 1. The van der Waals surface area contributed by atoms with Crippen LogP contribution in [0.15, 0.2) is 35.7 Å². The van der Waals surface area contributed by atoms with E-state index < -0.39 is 0 Å². The molecule has 19 heavy (non-hydrogen) atoms. The highest BCUT2D eigenvalue weighted by Crippen LogP contribution is 2.28. The molecule has 5 nitrogen and oxygen atoms in total. The van der Waals surface area contributed by atoms with Gasteiger partial charge in [-0.3, -0.25) is 0 Å². The average Bonchev–Trinajstić information content (AvgIpc) is 2.42. The van der Waals surface area contributed by atoms with Crippen molar-refractivity contribution in [2.24, 2.45) is 0 Å². The molecule has 5 heteroatoms. The largest absolute Gasteiger partial charge is 0.497 e. The highest BCUT2D eigenvalue weighted by molar-refractivity contribution is 5.78. The summed E-state index contributed by atoms with van der Waals surface area (Å²) in [5, 5.41) is 5.58. The van der Waals surface area contributed by atoms with Gasteiger partial charge >= 0.3 is 6.03 Å². The van der Waals surface area contributed by atoms with Crippen molar-refractivity contribution in [2.45, 2.75) is 19.9 Å². The second-order valence-electron chi connectivity index (χ2n) is 4.23. The minimum absolute atomic E-state index is 0.221. The first-order valence-electron chi connectivity index (χ1n) is 6.20. The van der Waals surface area contributed by atoms with E-state index in [1.54, 1.807) is 7.11 Å². The normalized spacial score (nSPS) is 18.7. The average molecular weight is 262 g/mol. The van der Waals surface area contributed by atoms with E-state index in [0.29, 0.717) is 6.61 Å². The summed E-state index contributed by atoms with van der Waals surface area (Å²) in [5.74, 6) is 1.52. The van der Waals surface area contributed by atoms with Gasteiger partial charge in [-0.05, 0) is 31.5 Å². The van der Waals surface area contributed by atoms with Crippen LogP contribution in [-0.4, -0.2) is 19.7 Å². The summed E-state index contributed by atoms with van der Waals surface area (Å²) in [6, 6.07) is 7.08. The topological polar surface area (TPSA) is 59.6 Å². The predicted octanol–water partition coefficient (Wildman–Crippen LogP) is 2.32. The number of hydrogen-bond acceptors (Lipinski definition) is 3. The van der Waals surface area contributed by atoms with Crippen LogP contribution in [0.3, 0.4) is 0 Å². The molecule has 0 saturated heterocycles. The van der Waals surface area contributed by atoms with Gasteiger partial charge in [0.15, 0.2) is 0 Å². The first kappa shape index (κ1) is 13.3. The lowest BCUT2D eigenvalue weighted by atomic mass is 10.0. The maximum atomic E-state index is 11.6. The molecular formula is C14H18N2O3. The van der Waals surface area contributed by atoms with Gasteiger partial charge in [0.25, 0.3) is 0 Å². The molecule has 1 aromatic rings. The number of allylic oxidation sites excluding steroid dienone is 1. The van der Waals surface area contributed by atoms with Crippen LogP contribution in [0.5, 0.6) is 5.75 Å². The van der Waals surface area contributed by atoms with Crippen molar-refractivity contribution >= 4 is 6.03 Å². The quantitative estimate of drug-likeness (QED) is 0.875. The third-order valence-corrected chi connectivity index (χ3v) is 2.96. The number of rotatable bonds is 4. The molecule has 0 bridgehead atoms. The van der Waals surface area contributed by atoms with Crippen LogP contribution in [0.25, 0.3) is 0 Å². The molecule has 2 rings (SSSR count). The van der Waals surface area contributed by atoms with E-state index in [1.165, 1.54) is 0 Å². The van der Waals surface area contributed by atoms with Crippen LogP contribution in [0.4, 0.5) is 4.79 Å². The van der Waals surface area contributed by atoms with E-state index in [-0.39, 0.29) is 12.1 Å². The van der Waals surface area contributed by atoms with Gasteiger partial charge in [0.05, 0.1) is 19.4 Å². The molecule has 1 aliphatic heterocycles. The van der Waals surface area contributed by atoms with Gasteiger partial charge in [-0.2, -0.15) is 0 Å². The van der Waals surface area contributed by atoms with Crippen LogP contribution in [0.1, 0.15) is 25.5 Å². The molecule has 0 fully saturated rings. The Bertz CT molecular complexity index is 494. The Morgan fingerprint density at radius 2 is 1.95 bits per heavy atom. The zero-order valence-electron chi connectivity index (χ0n) is 11.3. The second-order valence-corrected chi connectivity index (χ2v) is 4.23. The van der Waals surface area contributed by atoms with Gasteiger partial charge in [-0.15, -0.1) is 0 Å². The molecule has 2 N–H and O–H groups in total. The van der Waals surface area contributed by atoms with E-state index in [4.69, 9.17) is 9.47 Å². The maximum Gasteiger partial charge on any atom is 0.319 e. The Kier molecular flexibility index (Phi) is 3.94. The van der Waals surface area contributed by atoms with Gasteiger partial charge in [-0.25, -0.2) is 4.79 Å². The molecule has 2 amide bonds. The van der Waals surface area contributed by atoms with Crippen LogP contribution in [0, 0.1) is 0 Å². The zero-order valence-corrected chi connectivity index (χ0v) is 11.3. The smallest absolute Gasteiger partial charge is 0.319 e. The zero-order chi connectivity index (χ0) is 13.8. The first-order chi connectivity index (χ1) is 9.15. The molecule has 1 aliphatic rings. The van der Waals surface area contributed by atoms with Crippen molar-refractivity contribution in [1.82, 2.24) is 10.6 Å². The molecule has 0 spiro atoms. The molecule has 0 aromatic heterocycles. The number of ether oxygens (including phenoxy) is 2. The number of nitrogens with one attached hydrogen (secondary N) is 2. The summed E-state index contributed by atoms with van der Waals surface area (Å²) in [6.45, 7) is 4.30. The summed E-state index contributed by atoms with van der Waals surface area (Å²) in [5.41, 5.74) is 1.70. The minimum atomic E-state index is -0.264. The Labute approximate surface area is 112 Å². The SMILES string of the molecule is CCOC1=C(C)NC(=O)NC1c1ccc(OC)cc1. The van der Waals surface area contributed by atoms with Crippen molar-refractivity contribution in [3.05, 3.63) is 41.3 Å². The Morgan fingerprint density at radius 3 is 2.53 bits per heavy atom. The van der Waals surface area contributed by atoms with Gasteiger partial charge in [0.2, 0.25) is 0 Å². The standard InChI is InChI=1S/C14H18N2O3/c1-4-19-13-9(2)15-14(17)16-12(13)10-5-7-11(18-3)8-6-10/h5-8,12H,4H2,1-3H3,(H2,15,16,17). The number of carbonyl (C=O) groups is 1. The van der Waals surface area contributed by atoms with Gasteiger partial charge < -0.3 is 20.1 Å². The molecule has 0 radical (unpaired) electrons. The van der Waals surface area contributed by atoms with Crippen LogP contribution >= 0.6 is 0 Å². The lowest BCUT2D eigenvalue weighted by Gasteiger charge is -2.28. The molecular weight excluding hydrogens is 244 g/mol. The van der Waals surface area contributed by atoms with Crippen LogP contribution < -0.4 is 15.4 Å². The second kappa shape index (κ2) is 5.65. The van der Waals surface area contributed by atoms with E-state index in [0.717, 1.165) is 22.8 Å². The summed E-state index contributed by atoms with van der Waals surface area (Å²) >= 11 is 0. The number of benzene rings is 1. The molecule has 102 valence electrons. The maximum absolute atomic E-state index is 11.6. The summed E-state index contributed by atoms with van der Waals surface area (Å²) < 4.78 is 10.8. The summed E-state index contributed by atoms with van der Waals surface area (Å²) in [6.07, 6.45) is 0. The Balaban J connectivity index is 2.33. The van der Waals surface area contributed by atoms with E-state index in [1.807, 2.05) is 38.1 Å². The summed E-state index contributed by atoms with van der Waals surface area (Å²) in [7, 11) is 1.62. The van der Waals surface area contributed by atoms with Crippen molar-refractivity contribution in [2.75, 3.05) is 13.7 Å². The Morgan fingerprint density at radius 1 is 1.26 bits per heavy atom. The molecule has 1 aromatic carbocycles. The molecule has 1 unspecified atom stereocenters. The fourth-order valence-electron chi connectivity index (χ4n) is 2.06. The van der Waals surface area contributed by atoms with E-state index in [2.05, 4.69) is 10.6 Å². The molecule has 1 heterocycles. The van der Waals surface area contributed by atoms with Crippen LogP contribution in [0.2, 0.25) is 0 Å². The van der Waals surface area contributed by atoms with Gasteiger partial charge in [0.1, 0.15) is 17.6 Å². The monoisotopic (exact) mass is 262 g/mol. The Hall–Kier alpha value is -2.17. The highest BCUT2D eigenvalue weighted by atomic mass is 16.5. The van der Waals surface area contributed by atoms with Gasteiger partial charge in [-0.1, -0.05) is 12.1 Å². The lowest BCUT2D eigenvalue weighted by Crippen LogP contribution is -2.43. The third kappa shape index (κ3) is 2.81. The van der Waals surface area contributed by atoms with Gasteiger partial charge in [0, 0.05) is 0 Å². The third-order valence-electron chi connectivity index (χ3n) is 2.96. The lowest BCUT2D eigenvalue weighted by molar-refractivity contribution is 0.181. The molecule has 0 aliphatic carbocycles. The molecule has 1 atom stereocenters. The van der Waals surface area contributed by atoms with E-state index >= 15 is 0 Å². The van der Waals surface area contributed by atoms with Crippen LogP contribution in [-0.2, 0) is 4.74 Å². The van der Waals surface area contributed by atoms with Crippen molar-refractivity contribution in [3.63, 3.8) is 0 Å². The number of carbonyl (C=O) groups excluding carboxylic acids is 1. The number of urea groups is 1. The van der Waals surface area contributed by atoms with Crippen molar-refractivity contribution < 1.29 is 14.3 Å². The minimum Gasteiger partial charge on any atom is -0.497 e. The highest BCUT2D eigenvalue weighted by Gasteiger charge is 2.27. The van der Waals surface area contributed by atoms with Crippen molar-refractivity contribution in [1.29, 1.82) is 0 Å². The van der Waals surface area contributed by atoms with Crippen molar-refractivity contribution in [3.8, 4) is 5.75 Å². The number of amides is 2. The summed E-state index contributed by atoms with van der Waals surface area (Å²) in [4.78, 5) is 11.6. The van der Waals surface area contributed by atoms with E-state index in [9.17, 15) is 4.79 Å². The fourth-order valence-corrected chi connectivity index (χ4v) is 2.06. The first-order valence-corrected chi connectivity index (χ1v) is 6.20. The predicted molar refractivity (Wildman–Crippen MR) is 71.7 cm³/mol. The fraction of sp³-hybridized carbons (Fsp3) is 0.357. The molecule has 0 saturated carbocycles.